The molecule has 0 amide bonds. The summed E-state index contributed by atoms with van der Waals surface area (Å²) in [5.74, 6) is 0. The lowest BCUT2D eigenvalue weighted by atomic mass is 10.2. The fourth-order valence-electron chi connectivity index (χ4n) is 1.93. The molecular weight excluding hydrogens is 178 g/mol. The summed E-state index contributed by atoms with van der Waals surface area (Å²) in [5, 5.41) is 3.33. The Kier molecular flexibility index (Phi) is 1.70. The molecule has 1 saturated heterocycles. The maximum atomic E-state index is 4.27. The van der Waals surface area contributed by atoms with Crippen LogP contribution in [0.1, 0.15) is 12.5 Å². The highest BCUT2D eigenvalue weighted by atomic mass is 15.2. The molecule has 0 spiro atoms. The van der Waals surface area contributed by atoms with Crippen LogP contribution in [0.5, 0.6) is 0 Å². The average molecular weight is 189 g/mol. The standard InChI is InChI=1S/C9H11N5/c1-2-10-3-7(1)14-6-13-8-4-11-5-12-9(8)14/h4-7,10H,1-3H2. The van der Waals surface area contributed by atoms with Crippen LogP contribution in [0.3, 0.4) is 0 Å². The van der Waals surface area contributed by atoms with Gasteiger partial charge in [-0.3, -0.25) is 0 Å². The van der Waals surface area contributed by atoms with Gasteiger partial charge in [0.2, 0.25) is 0 Å². The van der Waals surface area contributed by atoms with E-state index in [2.05, 4.69) is 24.8 Å². The molecule has 1 fully saturated rings. The number of fused-ring (bicyclic) bond motifs is 1. The van der Waals surface area contributed by atoms with Crippen LogP contribution in [0.25, 0.3) is 11.2 Å². The van der Waals surface area contributed by atoms with E-state index in [1.807, 2.05) is 6.33 Å². The van der Waals surface area contributed by atoms with Crippen molar-refractivity contribution in [3.05, 3.63) is 18.9 Å². The number of aromatic nitrogens is 4. The number of nitrogens with zero attached hydrogens (tertiary/aromatic N) is 4. The van der Waals surface area contributed by atoms with Gasteiger partial charge in [0.25, 0.3) is 0 Å². The Morgan fingerprint density at radius 1 is 1.43 bits per heavy atom. The quantitative estimate of drug-likeness (QED) is 0.703. The number of nitrogens with one attached hydrogen (secondary N) is 1. The van der Waals surface area contributed by atoms with Gasteiger partial charge in [-0.25, -0.2) is 15.0 Å². The molecule has 1 N–H and O–H groups in total. The summed E-state index contributed by atoms with van der Waals surface area (Å²) in [5.41, 5.74) is 1.81. The van der Waals surface area contributed by atoms with Crippen LogP contribution >= 0.6 is 0 Å². The van der Waals surface area contributed by atoms with Gasteiger partial charge in [0.1, 0.15) is 11.8 Å². The summed E-state index contributed by atoms with van der Waals surface area (Å²) in [4.78, 5) is 12.5. The molecule has 1 aliphatic heterocycles. The summed E-state index contributed by atoms with van der Waals surface area (Å²) in [6.45, 7) is 2.09. The van der Waals surface area contributed by atoms with E-state index < -0.39 is 0 Å². The molecule has 1 aliphatic rings. The zero-order valence-electron chi connectivity index (χ0n) is 7.72. The third kappa shape index (κ3) is 1.09. The predicted octanol–water partition coefficient (Wildman–Crippen LogP) is 0.361. The third-order valence-corrected chi connectivity index (χ3v) is 2.67. The van der Waals surface area contributed by atoms with Gasteiger partial charge >= 0.3 is 0 Å². The second kappa shape index (κ2) is 3.02. The summed E-state index contributed by atoms with van der Waals surface area (Å²) in [7, 11) is 0. The Balaban J connectivity index is 2.11. The van der Waals surface area contributed by atoms with E-state index in [-0.39, 0.29) is 0 Å². The minimum Gasteiger partial charge on any atom is -0.315 e. The lowest BCUT2D eigenvalue weighted by molar-refractivity contribution is 0.557. The van der Waals surface area contributed by atoms with Crippen molar-refractivity contribution in [3.8, 4) is 0 Å². The van der Waals surface area contributed by atoms with Gasteiger partial charge in [-0.15, -0.1) is 0 Å². The highest BCUT2D eigenvalue weighted by Gasteiger charge is 2.18. The Labute approximate surface area is 81.2 Å². The van der Waals surface area contributed by atoms with E-state index in [0.29, 0.717) is 6.04 Å². The van der Waals surface area contributed by atoms with Crippen molar-refractivity contribution in [1.82, 2.24) is 24.8 Å². The average Bonchev–Trinajstić information content (AvgIpc) is 2.85. The van der Waals surface area contributed by atoms with E-state index >= 15 is 0 Å². The normalized spacial score (nSPS) is 21.9. The molecule has 1 atom stereocenters. The fourth-order valence-corrected chi connectivity index (χ4v) is 1.93. The molecule has 5 heteroatoms. The minimum atomic E-state index is 0.495. The van der Waals surface area contributed by atoms with Gasteiger partial charge in [-0.1, -0.05) is 0 Å². The van der Waals surface area contributed by atoms with Crippen molar-refractivity contribution in [1.29, 1.82) is 0 Å². The molecule has 3 rings (SSSR count). The van der Waals surface area contributed by atoms with Crippen LogP contribution in [-0.2, 0) is 0 Å². The van der Waals surface area contributed by atoms with Gasteiger partial charge in [0.05, 0.1) is 18.6 Å². The molecule has 72 valence electrons. The monoisotopic (exact) mass is 189 g/mol. The summed E-state index contributed by atoms with van der Waals surface area (Å²) in [6, 6.07) is 0.495. The van der Waals surface area contributed by atoms with Crippen LogP contribution in [0.4, 0.5) is 0 Å². The Morgan fingerprint density at radius 3 is 3.29 bits per heavy atom. The minimum absolute atomic E-state index is 0.495. The van der Waals surface area contributed by atoms with Crippen molar-refractivity contribution in [2.75, 3.05) is 13.1 Å². The smallest absolute Gasteiger partial charge is 0.163 e. The summed E-state index contributed by atoms with van der Waals surface area (Å²) in [6.07, 6.45) is 6.33. The fraction of sp³-hybridized carbons (Fsp3) is 0.444. The van der Waals surface area contributed by atoms with E-state index in [0.717, 1.165) is 30.7 Å². The van der Waals surface area contributed by atoms with Crippen LogP contribution in [0.15, 0.2) is 18.9 Å². The SMILES string of the molecule is c1ncc2ncn(C3CCNC3)c2n1. The predicted molar refractivity (Wildman–Crippen MR) is 51.8 cm³/mol. The highest BCUT2D eigenvalue weighted by Crippen LogP contribution is 2.19. The molecule has 2 aromatic heterocycles. The van der Waals surface area contributed by atoms with E-state index in [4.69, 9.17) is 0 Å². The zero-order chi connectivity index (χ0) is 9.38. The molecule has 0 bridgehead atoms. The van der Waals surface area contributed by atoms with Gasteiger partial charge in [-0.2, -0.15) is 0 Å². The van der Waals surface area contributed by atoms with E-state index in [1.54, 1.807) is 12.5 Å². The number of imidazole rings is 1. The number of hydrogen-bond acceptors (Lipinski definition) is 4. The molecule has 0 saturated carbocycles. The first-order valence-corrected chi connectivity index (χ1v) is 4.78. The maximum Gasteiger partial charge on any atom is 0.163 e. The lowest BCUT2D eigenvalue weighted by Crippen LogP contribution is -2.12. The first kappa shape index (κ1) is 7.87. The molecular formula is C9H11N5. The van der Waals surface area contributed by atoms with E-state index in [9.17, 15) is 0 Å². The molecule has 3 heterocycles. The molecule has 5 nitrogen and oxygen atoms in total. The van der Waals surface area contributed by atoms with E-state index in [1.165, 1.54) is 0 Å². The molecule has 2 aromatic rings. The Bertz CT molecular complexity index is 443. The van der Waals surface area contributed by atoms with Gasteiger partial charge in [-0.05, 0) is 13.0 Å². The first-order chi connectivity index (χ1) is 6.95. The lowest BCUT2D eigenvalue weighted by Gasteiger charge is -2.09. The summed E-state index contributed by atoms with van der Waals surface area (Å²) < 4.78 is 2.14. The van der Waals surface area contributed by atoms with Crippen LogP contribution < -0.4 is 5.32 Å². The van der Waals surface area contributed by atoms with Crippen LogP contribution in [-0.4, -0.2) is 32.6 Å². The number of rotatable bonds is 1. The Morgan fingerprint density at radius 2 is 2.43 bits per heavy atom. The topological polar surface area (TPSA) is 55.6 Å². The van der Waals surface area contributed by atoms with Gasteiger partial charge in [0.15, 0.2) is 5.65 Å². The Hall–Kier alpha value is -1.49. The molecule has 1 unspecified atom stereocenters. The molecule has 0 radical (unpaired) electrons. The highest BCUT2D eigenvalue weighted by molar-refractivity contribution is 5.69. The largest absolute Gasteiger partial charge is 0.315 e. The van der Waals surface area contributed by atoms with Crippen molar-refractivity contribution in [3.63, 3.8) is 0 Å². The van der Waals surface area contributed by atoms with Crippen molar-refractivity contribution < 1.29 is 0 Å². The molecule has 0 aliphatic carbocycles. The zero-order valence-corrected chi connectivity index (χ0v) is 7.72. The van der Waals surface area contributed by atoms with Crippen LogP contribution in [0.2, 0.25) is 0 Å². The van der Waals surface area contributed by atoms with Crippen molar-refractivity contribution in [2.45, 2.75) is 12.5 Å². The summed E-state index contributed by atoms with van der Waals surface area (Å²) >= 11 is 0. The van der Waals surface area contributed by atoms with Gasteiger partial charge < -0.3 is 9.88 Å². The first-order valence-electron chi connectivity index (χ1n) is 4.78. The second-order valence-electron chi connectivity index (χ2n) is 3.53. The second-order valence-corrected chi connectivity index (χ2v) is 3.53. The van der Waals surface area contributed by atoms with Crippen molar-refractivity contribution in [2.24, 2.45) is 0 Å². The maximum absolute atomic E-state index is 4.27. The van der Waals surface area contributed by atoms with Crippen LogP contribution in [0, 0.1) is 0 Å². The van der Waals surface area contributed by atoms with Gasteiger partial charge in [0, 0.05) is 6.54 Å². The third-order valence-electron chi connectivity index (χ3n) is 2.67. The molecule has 0 aromatic carbocycles. The molecule has 14 heavy (non-hydrogen) atoms. The number of hydrogen-bond donors (Lipinski definition) is 1. The van der Waals surface area contributed by atoms with Crippen molar-refractivity contribution >= 4 is 11.2 Å².